The van der Waals surface area contributed by atoms with E-state index < -0.39 is 11.9 Å². The molecular weight excluding hydrogens is 374 g/mol. The van der Waals surface area contributed by atoms with Crippen LogP contribution < -0.4 is 10.1 Å². The highest BCUT2D eigenvalue weighted by molar-refractivity contribution is 6.07. The molecule has 0 unspecified atom stereocenters. The van der Waals surface area contributed by atoms with Gasteiger partial charge in [0.05, 0.1) is 18.5 Å². The van der Waals surface area contributed by atoms with Crippen LogP contribution in [0.5, 0.6) is 5.75 Å². The number of anilines is 1. The Balaban J connectivity index is 1.72. The van der Waals surface area contributed by atoms with Crippen LogP contribution in [0.3, 0.4) is 0 Å². The van der Waals surface area contributed by atoms with Crippen LogP contribution in [-0.4, -0.2) is 38.5 Å². The topological polar surface area (TPSA) is 100 Å². The molecule has 0 saturated heterocycles. The fraction of sp³-hybridized carbons (Fsp3) is 0.300. The Labute approximate surface area is 168 Å². The van der Waals surface area contributed by atoms with Crippen LogP contribution in [0.1, 0.15) is 37.8 Å². The molecule has 0 aliphatic carbocycles. The molecule has 1 aromatic carbocycles. The summed E-state index contributed by atoms with van der Waals surface area (Å²) in [6.45, 7) is 5.81. The molecule has 1 amide bonds. The smallest absolute Gasteiger partial charge is 0.358 e. The third-order valence-electron chi connectivity index (χ3n) is 4.41. The summed E-state index contributed by atoms with van der Waals surface area (Å²) in [4.78, 5) is 24.6. The van der Waals surface area contributed by atoms with Crippen LogP contribution in [-0.2, 0) is 18.5 Å². The number of esters is 1. The third-order valence-corrected chi connectivity index (χ3v) is 4.41. The Morgan fingerprint density at radius 1 is 1.14 bits per heavy atom. The predicted molar refractivity (Wildman–Crippen MR) is 106 cm³/mol. The first kappa shape index (κ1) is 20.1. The zero-order chi connectivity index (χ0) is 21.1. The molecule has 3 aromatic rings. The van der Waals surface area contributed by atoms with Crippen molar-refractivity contribution in [3.63, 3.8) is 0 Å². The highest BCUT2D eigenvalue weighted by Gasteiger charge is 2.23. The van der Waals surface area contributed by atoms with Gasteiger partial charge in [-0.05, 0) is 44.0 Å². The summed E-state index contributed by atoms with van der Waals surface area (Å²) >= 11 is 0. The molecule has 1 N–H and O–H groups in total. The first-order valence-corrected chi connectivity index (χ1v) is 8.97. The Morgan fingerprint density at radius 3 is 2.62 bits per heavy atom. The lowest BCUT2D eigenvalue weighted by atomic mass is 10.1. The number of ether oxygens (including phenoxy) is 2. The average molecular weight is 397 g/mol. The van der Waals surface area contributed by atoms with Crippen molar-refractivity contribution in [2.45, 2.75) is 27.5 Å². The van der Waals surface area contributed by atoms with Crippen LogP contribution in [0.4, 0.5) is 5.69 Å². The number of aromatic nitrogens is 4. The average Bonchev–Trinajstić information content (AvgIpc) is 3.26. The number of nitrogens with one attached hydrogen (secondary N) is 1. The fourth-order valence-electron chi connectivity index (χ4n) is 2.87. The van der Waals surface area contributed by atoms with E-state index in [4.69, 9.17) is 9.47 Å². The molecular formula is C20H23N5O4. The van der Waals surface area contributed by atoms with Gasteiger partial charge in [-0.2, -0.15) is 10.2 Å². The van der Waals surface area contributed by atoms with Crippen molar-refractivity contribution in [2.75, 3.05) is 12.4 Å². The van der Waals surface area contributed by atoms with E-state index in [0.29, 0.717) is 11.4 Å². The molecule has 29 heavy (non-hydrogen) atoms. The van der Waals surface area contributed by atoms with Gasteiger partial charge in [-0.3, -0.25) is 9.48 Å². The normalized spacial score (nSPS) is 10.7. The van der Waals surface area contributed by atoms with Crippen molar-refractivity contribution in [2.24, 2.45) is 7.05 Å². The number of amides is 1. The van der Waals surface area contributed by atoms with E-state index in [2.05, 4.69) is 15.5 Å². The number of aryl methyl sites for hydroxylation is 4. The molecule has 2 heterocycles. The monoisotopic (exact) mass is 397 g/mol. The molecule has 0 radical (unpaired) electrons. The summed E-state index contributed by atoms with van der Waals surface area (Å²) < 4.78 is 13.5. The minimum atomic E-state index is -0.587. The van der Waals surface area contributed by atoms with Crippen molar-refractivity contribution >= 4 is 17.6 Å². The van der Waals surface area contributed by atoms with Gasteiger partial charge in [0.2, 0.25) is 0 Å². The molecule has 0 atom stereocenters. The molecule has 0 aliphatic heterocycles. The molecule has 0 fully saturated rings. The molecule has 0 spiro atoms. The van der Waals surface area contributed by atoms with E-state index >= 15 is 0 Å². The maximum atomic E-state index is 12.6. The Hall–Kier alpha value is -3.62. The van der Waals surface area contributed by atoms with E-state index in [-0.39, 0.29) is 18.1 Å². The van der Waals surface area contributed by atoms with Crippen molar-refractivity contribution in [1.29, 1.82) is 0 Å². The van der Waals surface area contributed by atoms with Crippen LogP contribution in [0.2, 0.25) is 0 Å². The molecule has 0 aliphatic rings. The summed E-state index contributed by atoms with van der Waals surface area (Å²) in [5.41, 5.74) is 3.26. The van der Waals surface area contributed by atoms with Gasteiger partial charge in [0, 0.05) is 13.2 Å². The Bertz CT molecular complexity index is 1070. The van der Waals surface area contributed by atoms with Crippen molar-refractivity contribution in [1.82, 2.24) is 19.6 Å². The summed E-state index contributed by atoms with van der Waals surface area (Å²) in [7, 11) is 2.88. The number of carbonyl (C=O) groups is 2. The zero-order valence-electron chi connectivity index (χ0n) is 17.0. The lowest BCUT2D eigenvalue weighted by molar-refractivity contribution is 0.0589. The summed E-state index contributed by atoms with van der Waals surface area (Å²) in [5.74, 6) is -0.284. The molecule has 152 valence electrons. The highest BCUT2D eigenvalue weighted by Crippen LogP contribution is 2.22. The van der Waals surface area contributed by atoms with E-state index in [0.717, 1.165) is 16.9 Å². The summed E-state index contributed by atoms with van der Waals surface area (Å²) in [5, 5.41) is 11.1. The number of nitrogens with zero attached hydrogens (tertiary/aromatic N) is 4. The number of rotatable bonds is 6. The molecule has 9 heteroatoms. The van der Waals surface area contributed by atoms with Gasteiger partial charge in [-0.25, -0.2) is 9.48 Å². The second kappa shape index (κ2) is 8.17. The molecule has 2 aromatic heterocycles. The van der Waals surface area contributed by atoms with Gasteiger partial charge in [0.1, 0.15) is 5.75 Å². The number of hydrogen-bond acceptors (Lipinski definition) is 6. The van der Waals surface area contributed by atoms with Crippen molar-refractivity contribution < 1.29 is 19.1 Å². The summed E-state index contributed by atoms with van der Waals surface area (Å²) in [6.07, 6.45) is 1.65. The van der Waals surface area contributed by atoms with Crippen LogP contribution in [0, 0.1) is 20.8 Å². The van der Waals surface area contributed by atoms with Gasteiger partial charge >= 0.3 is 5.97 Å². The van der Waals surface area contributed by atoms with Crippen LogP contribution >= 0.6 is 0 Å². The largest absolute Gasteiger partial charge is 0.471 e. The quantitative estimate of drug-likeness (QED) is 0.642. The minimum Gasteiger partial charge on any atom is -0.471 e. The number of carbonyl (C=O) groups excluding carboxylic acids is 2. The first-order chi connectivity index (χ1) is 13.8. The fourth-order valence-corrected chi connectivity index (χ4v) is 2.87. The minimum absolute atomic E-state index is 0.163. The molecule has 9 nitrogen and oxygen atoms in total. The lowest BCUT2D eigenvalue weighted by Crippen LogP contribution is -2.18. The predicted octanol–water partition coefficient (Wildman–Crippen LogP) is 2.62. The van der Waals surface area contributed by atoms with E-state index in [1.54, 1.807) is 26.2 Å². The second-order valence-electron chi connectivity index (χ2n) is 6.66. The van der Waals surface area contributed by atoms with Gasteiger partial charge in [-0.15, -0.1) is 0 Å². The number of benzene rings is 1. The number of hydrogen-bond donors (Lipinski definition) is 1. The first-order valence-electron chi connectivity index (χ1n) is 8.97. The van der Waals surface area contributed by atoms with Crippen LogP contribution in [0.25, 0.3) is 0 Å². The number of methoxy groups -OCH3 is 1. The van der Waals surface area contributed by atoms with Gasteiger partial charge < -0.3 is 14.8 Å². The van der Waals surface area contributed by atoms with Gasteiger partial charge in [0.15, 0.2) is 18.1 Å². The van der Waals surface area contributed by atoms with Gasteiger partial charge in [0.25, 0.3) is 5.91 Å². The third kappa shape index (κ3) is 4.29. The standard InChI is InChI=1S/C20H23N5O4/c1-12-6-7-13(2)16(10-12)29-11-25-9-8-15(23-25)19(26)21-17-14(3)22-24(4)18(17)20(27)28-5/h6-10H,11H2,1-5H3,(H,21,26). The Kier molecular flexibility index (Phi) is 5.67. The second-order valence-corrected chi connectivity index (χ2v) is 6.66. The maximum Gasteiger partial charge on any atom is 0.358 e. The van der Waals surface area contributed by atoms with E-state index in [1.807, 2.05) is 32.0 Å². The van der Waals surface area contributed by atoms with E-state index in [9.17, 15) is 9.59 Å². The van der Waals surface area contributed by atoms with Gasteiger partial charge in [-0.1, -0.05) is 12.1 Å². The molecule has 3 rings (SSSR count). The van der Waals surface area contributed by atoms with Crippen LogP contribution in [0.15, 0.2) is 30.5 Å². The zero-order valence-corrected chi connectivity index (χ0v) is 17.0. The van der Waals surface area contributed by atoms with Crippen molar-refractivity contribution in [3.05, 3.63) is 58.7 Å². The molecule has 0 bridgehead atoms. The SMILES string of the molecule is COC(=O)c1c(NC(=O)c2ccn(COc3cc(C)ccc3C)n2)c(C)nn1C. The molecule has 0 saturated carbocycles. The maximum absolute atomic E-state index is 12.6. The Morgan fingerprint density at radius 2 is 1.90 bits per heavy atom. The highest BCUT2D eigenvalue weighted by atomic mass is 16.5. The van der Waals surface area contributed by atoms with E-state index in [1.165, 1.54) is 16.5 Å². The summed E-state index contributed by atoms with van der Waals surface area (Å²) in [6, 6.07) is 7.53. The lowest BCUT2D eigenvalue weighted by Gasteiger charge is -2.10. The van der Waals surface area contributed by atoms with Crippen molar-refractivity contribution in [3.8, 4) is 5.75 Å².